The lowest BCUT2D eigenvalue weighted by Crippen LogP contribution is -2.41. The predicted octanol–water partition coefficient (Wildman–Crippen LogP) is 5.30. The zero-order chi connectivity index (χ0) is 17.7. The molecule has 0 aromatic heterocycles. The van der Waals surface area contributed by atoms with Crippen molar-refractivity contribution in [1.29, 1.82) is 0 Å². The molecule has 0 N–H and O–H groups in total. The number of hydrogen-bond acceptors (Lipinski definition) is 3. The van der Waals surface area contributed by atoms with Gasteiger partial charge < -0.3 is 9.47 Å². The summed E-state index contributed by atoms with van der Waals surface area (Å²) in [5, 5.41) is 0. The fourth-order valence-corrected chi connectivity index (χ4v) is 3.60. The van der Waals surface area contributed by atoms with Gasteiger partial charge >= 0.3 is 5.97 Å². The topological polar surface area (TPSA) is 35.5 Å². The van der Waals surface area contributed by atoms with E-state index >= 15 is 0 Å². The van der Waals surface area contributed by atoms with Gasteiger partial charge in [0.1, 0.15) is 12.4 Å². The molecule has 3 nitrogen and oxygen atoms in total. The first-order valence-corrected chi connectivity index (χ1v) is 9.55. The number of ether oxygens (including phenoxy) is 2. The molecule has 1 saturated carbocycles. The summed E-state index contributed by atoms with van der Waals surface area (Å²) in [7, 11) is 0. The van der Waals surface area contributed by atoms with Gasteiger partial charge in [0, 0.05) is 0 Å². The van der Waals surface area contributed by atoms with Crippen LogP contribution >= 0.6 is 15.9 Å². The molecule has 0 atom stereocenters. The SMILES string of the molecule is CCOC(=O)C1(Cc2ccc(Br)c(OCc3ccccc3)c2)CCC1. The van der Waals surface area contributed by atoms with Gasteiger partial charge in [0.25, 0.3) is 0 Å². The maximum atomic E-state index is 12.4. The Balaban J connectivity index is 1.71. The number of rotatable bonds is 7. The quantitative estimate of drug-likeness (QED) is 0.589. The van der Waals surface area contributed by atoms with Crippen molar-refractivity contribution in [3.63, 3.8) is 0 Å². The minimum atomic E-state index is -0.347. The van der Waals surface area contributed by atoms with Gasteiger partial charge in [-0.25, -0.2) is 0 Å². The van der Waals surface area contributed by atoms with Gasteiger partial charge in [-0.1, -0.05) is 42.8 Å². The first-order valence-electron chi connectivity index (χ1n) is 8.75. The van der Waals surface area contributed by atoms with E-state index in [0.29, 0.717) is 19.6 Å². The molecule has 1 fully saturated rings. The Bertz CT molecular complexity index is 723. The lowest BCUT2D eigenvalue weighted by molar-refractivity contribution is -0.161. The Morgan fingerprint density at radius 1 is 1.12 bits per heavy atom. The Labute approximate surface area is 157 Å². The van der Waals surface area contributed by atoms with E-state index in [2.05, 4.69) is 22.0 Å². The Morgan fingerprint density at radius 3 is 2.52 bits per heavy atom. The van der Waals surface area contributed by atoms with Crippen molar-refractivity contribution in [1.82, 2.24) is 0 Å². The average Bonchev–Trinajstić information content (AvgIpc) is 2.59. The third-order valence-corrected chi connectivity index (χ3v) is 5.45. The van der Waals surface area contributed by atoms with E-state index < -0.39 is 0 Å². The molecule has 25 heavy (non-hydrogen) atoms. The van der Waals surface area contributed by atoms with Gasteiger partial charge in [0.05, 0.1) is 16.5 Å². The third kappa shape index (κ3) is 4.24. The summed E-state index contributed by atoms with van der Waals surface area (Å²) in [6.45, 7) is 2.82. The Kier molecular flexibility index (Phi) is 5.79. The smallest absolute Gasteiger partial charge is 0.312 e. The highest BCUT2D eigenvalue weighted by molar-refractivity contribution is 9.10. The highest BCUT2D eigenvalue weighted by Gasteiger charge is 2.45. The van der Waals surface area contributed by atoms with Crippen molar-refractivity contribution in [2.75, 3.05) is 6.61 Å². The molecule has 0 aliphatic heterocycles. The first-order chi connectivity index (χ1) is 12.1. The summed E-state index contributed by atoms with van der Waals surface area (Å²) in [5.74, 6) is 0.746. The lowest BCUT2D eigenvalue weighted by atomic mass is 9.65. The van der Waals surface area contributed by atoms with Gasteiger partial charge in [0.2, 0.25) is 0 Å². The van der Waals surface area contributed by atoms with Crippen LogP contribution in [0.1, 0.15) is 37.3 Å². The van der Waals surface area contributed by atoms with E-state index in [1.807, 2.05) is 49.4 Å². The highest BCUT2D eigenvalue weighted by Crippen LogP contribution is 2.45. The van der Waals surface area contributed by atoms with Crippen molar-refractivity contribution in [2.24, 2.45) is 5.41 Å². The van der Waals surface area contributed by atoms with E-state index in [-0.39, 0.29) is 11.4 Å². The monoisotopic (exact) mass is 402 g/mol. The maximum absolute atomic E-state index is 12.4. The van der Waals surface area contributed by atoms with Crippen LogP contribution in [0.15, 0.2) is 53.0 Å². The summed E-state index contributed by atoms with van der Waals surface area (Å²) in [6, 6.07) is 16.2. The van der Waals surface area contributed by atoms with Crippen molar-refractivity contribution in [2.45, 2.75) is 39.2 Å². The van der Waals surface area contributed by atoms with Crippen LogP contribution in [0.3, 0.4) is 0 Å². The minimum Gasteiger partial charge on any atom is -0.488 e. The van der Waals surface area contributed by atoms with E-state index in [1.54, 1.807) is 0 Å². The predicted molar refractivity (Wildman–Crippen MR) is 102 cm³/mol. The van der Waals surface area contributed by atoms with Gasteiger partial charge in [-0.05, 0) is 65.4 Å². The zero-order valence-corrected chi connectivity index (χ0v) is 16.1. The molecule has 0 radical (unpaired) electrons. The molecular formula is C21H23BrO3. The molecule has 0 unspecified atom stereocenters. The summed E-state index contributed by atoms with van der Waals surface area (Å²) in [5.41, 5.74) is 1.89. The number of carbonyl (C=O) groups is 1. The molecule has 3 rings (SSSR count). The van der Waals surface area contributed by atoms with Crippen LogP contribution < -0.4 is 4.74 Å². The Hall–Kier alpha value is -1.81. The number of halogens is 1. The number of carbonyl (C=O) groups excluding carboxylic acids is 1. The van der Waals surface area contributed by atoms with E-state index in [1.165, 1.54) is 0 Å². The second-order valence-corrected chi connectivity index (χ2v) is 7.42. The van der Waals surface area contributed by atoms with Crippen molar-refractivity contribution < 1.29 is 14.3 Å². The van der Waals surface area contributed by atoms with Gasteiger partial charge in [-0.3, -0.25) is 4.79 Å². The van der Waals surface area contributed by atoms with Crippen LogP contribution in [0.25, 0.3) is 0 Å². The van der Waals surface area contributed by atoms with Crippen LogP contribution in [0, 0.1) is 5.41 Å². The fraction of sp³-hybridized carbons (Fsp3) is 0.381. The van der Waals surface area contributed by atoms with Crippen LogP contribution in [0.2, 0.25) is 0 Å². The van der Waals surface area contributed by atoms with E-state index in [4.69, 9.17) is 9.47 Å². The van der Waals surface area contributed by atoms with Crippen LogP contribution in [-0.4, -0.2) is 12.6 Å². The number of hydrogen-bond donors (Lipinski definition) is 0. The van der Waals surface area contributed by atoms with Gasteiger partial charge in [-0.2, -0.15) is 0 Å². The van der Waals surface area contributed by atoms with E-state index in [0.717, 1.165) is 40.6 Å². The van der Waals surface area contributed by atoms with Crippen LogP contribution in [0.4, 0.5) is 0 Å². The molecule has 0 spiro atoms. The van der Waals surface area contributed by atoms with Crippen molar-refractivity contribution >= 4 is 21.9 Å². The molecule has 132 valence electrons. The van der Waals surface area contributed by atoms with Crippen LogP contribution in [-0.2, 0) is 22.6 Å². The standard InChI is InChI=1S/C21H23BrO3/c1-2-24-20(23)21(11-6-12-21)14-17-9-10-18(22)19(13-17)25-15-16-7-4-3-5-8-16/h3-5,7-10,13H,2,6,11-12,14-15H2,1H3. The highest BCUT2D eigenvalue weighted by atomic mass is 79.9. The normalized spacial score (nSPS) is 15.3. The average molecular weight is 403 g/mol. The molecule has 1 aliphatic carbocycles. The van der Waals surface area contributed by atoms with Crippen molar-refractivity contribution in [3.8, 4) is 5.75 Å². The minimum absolute atomic E-state index is 0.0593. The lowest BCUT2D eigenvalue weighted by Gasteiger charge is -2.39. The summed E-state index contributed by atoms with van der Waals surface area (Å²) in [6.07, 6.45) is 3.61. The molecule has 0 amide bonds. The van der Waals surface area contributed by atoms with E-state index in [9.17, 15) is 4.79 Å². The molecular weight excluding hydrogens is 380 g/mol. The summed E-state index contributed by atoms with van der Waals surface area (Å²) in [4.78, 5) is 12.4. The molecule has 1 aliphatic rings. The third-order valence-electron chi connectivity index (χ3n) is 4.79. The largest absolute Gasteiger partial charge is 0.488 e. The number of benzene rings is 2. The molecule has 2 aromatic carbocycles. The summed E-state index contributed by atoms with van der Waals surface area (Å²) >= 11 is 3.55. The molecule has 0 heterocycles. The van der Waals surface area contributed by atoms with Crippen LogP contribution in [0.5, 0.6) is 5.75 Å². The summed E-state index contributed by atoms with van der Waals surface area (Å²) < 4.78 is 12.2. The second kappa shape index (κ2) is 8.05. The zero-order valence-electron chi connectivity index (χ0n) is 14.5. The maximum Gasteiger partial charge on any atom is 0.312 e. The first kappa shape index (κ1) is 18.0. The van der Waals surface area contributed by atoms with Crippen molar-refractivity contribution in [3.05, 3.63) is 64.1 Å². The molecule has 0 saturated heterocycles. The van der Waals surface area contributed by atoms with Gasteiger partial charge in [-0.15, -0.1) is 0 Å². The molecule has 0 bridgehead atoms. The fourth-order valence-electron chi connectivity index (χ4n) is 3.24. The second-order valence-electron chi connectivity index (χ2n) is 6.57. The Morgan fingerprint density at radius 2 is 1.88 bits per heavy atom. The molecule has 4 heteroatoms. The van der Waals surface area contributed by atoms with Gasteiger partial charge in [0.15, 0.2) is 0 Å². The number of esters is 1. The molecule has 2 aromatic rings.